The molecular formula is C15H20N2O. The molecule has 18 heavy (non-hydrogen) atoms. The van der Waals surface area contributed by atoms with Crippen LogP contribution in [0, 0.1) is 11.8 Å². The standard InChI is InChI=1S/C15H20N2O/c1-10-7-14(10)17-15(18)16-9-12-8-13(12)11-5-3-2-4-6-11/h2-6,10,12-14H,7-9H2,1H3,(H2,16,17,18)/t10-,12+,13+,14+/m1/s1. The summed E-state index contributed by atoms with van der Waals surface area (Å²) < 4.78 is 0. The molecule has 0 spiro atoms. The minimum atomic E-state index is 0.00283. The van der Waals surface area contributed by atoms with Crippen LogP contribution in [0.15, 0.2) is 30.3 Å². The minimum Gasteiger partial charge on any atom is -0.338 e. The van der Waals surface area contributed by atoms with Gasteiger partial charge in [0.1, 0.15) is 0 Å². The van der Waals surface area contributed by atoms with Crippen LogP contribution in [0.3, 0.4) is 0 Å². The molecule has 0 radical (unpaired) electrons. The first-order chi connectivity index (χ1) is 8.74. The van der Waals surface area contributed by atoms with Gasteiger partial charge in [0.05, 0.1) is 0 Å². The van der Waals surface area contributed by atoms with E-state index in [9.17, 15) is 4.79 Å². The molecule has 1 aromatic carbocycles. The second kappa shape index (κ2) is 4.63. The fourth-order valence-electron chi connectivity index (χ4n) is 2.55. The molecule has 2 aliphatic rings. The van der Waals surface area contributed by atoms with Gasteiger partial charge in [-0.3, -0.25) is 0 Å². The highest BCUT2D eigenvalue weighted by Gasteiger charge is 2.38. The van der Waals surface area contributed by atoms with Gasteiger partial charge in [0.2, 0.25) is 0 Å². The Kier molecular flexibility index (Phi) is 2.98. The Morgan fingerprint density at radius 2 is 2.00 bits per heavy atom. The van der Waals surface area contributed by atoms with Gasteiger partial charge in [0.25, 0.3) is 0 Å². The third-order valence-corrected chi connectivity index (χ3v) is 4.10. The summed E-state index contributed by atoms with van der Waals surface area (Å²) >= 11 is 0. The molecule has 0 unspecified atom stereocenters. The van der Waals surface area contributed by atoms with Crippen molar-refractivity contribution in [2.75, 3.05) is 6.54 Å². The highest BCUT2D eigenvalue weighted by Crippen LogP contribution is 2.46. The van der Waals surface area contributed by atoms with E-state index >= 15 is 0 Å². The molecule has 0 aromatic heterocycles. The molecule has 3 nitrogen and oxygen atoms in total. The predicted octanol–water partition coefficient (Wildman–Crippen LogP) is 2.50. The van der Waals surface area contributed by atoms with Crippen LogP contribution in [0.5, 0.6) is 0 Å². The lowest BCUT2D eigenvalue weighted by atomic mass is 10.1. The lowest BCUT2D eigenvalue weighted by Gasteiger charge is -2.06. The minimum absolute atomic E-state index is 0.00283. The first-order valence-electron chi connectivity index (χ1n) is 6.83. The molecule has 0 bridgehead atoms. The van der Waals surface area contributed by atoms with Crippen LogP contribution in [0.1, 0.15) is 31.2 Å². The van der Waals surface area contributed by atoms with Crippen LogP contribution < -0.4 is 10.6 Å². The van der Waals surface area contributed by atoms with Crippen molar-refractivity contribution in [2.45, 2.75) is 31.7 Å². The van der Waals surface area contributed by atoms with Gasteiger partial charge in [-0.15, -0.1) is 0 Å². The number of nitrogens with one attached hydrogen (secondary N) is 2. The third-order valence-electron chi connectivity index (χ3n) is 4.10. The fraction of sp³-hybridized carbons (Fsp3) is 0.533. The molecule has 0 aliphatic heterocycles. The Hall–Kier alpha value is -1.51. The van der Waals surface area contributed by atoms with Gasteiger partial charge in [0, 0.05) is 12.6 Å². The zero-order valence-electron chi connectivity index (χ0n) is 10.7. The van der Waals surface area contributed by atoms with Crippen molar-refractivity contribution in [3.63, 3.8) is 0 Å². The van der Waals surface area contributed by atoms with Crippen LogP contribution in [-0.2, 0) is 0 Å². The Labute approximate surface area is 108 Å². The van der Waals surface area contributed by atoms with E-state index in [1.165, 1.54) is 12.0 Å². The SMILES string of the molecule is C[C@@H]1C[C@@H]1NC(=O)NC[C@@H]1C[C@H]1c1ccccc1. The summed E-state index contributed by atoms with van der Waals surface area (Å²) in [5.74, 6) is 1.93. The molecule has 2 aliphatic carbocycles. The molecule has 2 amide bonds. The Morgan fingerprint density at radius 1 is 1.28 bits per heavy atom. The highest BCUT2D eigenvalue weighted by molar-refractivity contribution is 5.74. The van der Waals surface area contributed by atoms with Gasteiger partial charge in [-0.05, 0) is 36.2 Å². The van der Waals surface area contributed by atoms with Crippen LogP contribution in [0.25, 0.3) is 0 Å². The van der Waals surface area contributed by atoms with Gasteiger partial charge in [-0.25, -0.2) is 4.79 Å². The van der Waals surface area contributed by atoms with E-state index in [0.29, 0.717) is 23.8 Å². The van der Waals surface area contributed by atoms with Crippen molar-refractivity contribution in [3.05, 3.63) is 35.9 Å². The van der Waals surface area contributed by atoms with Crippen LogP contribution in [0.2, 0.25) is 0 Å². The lowest BCUT2D eigenvalue weighted by Crippen LogP contribution is -2.38. The molecule has 0 saturated heterocycles. The number of benzene rings is 1. The maximum atomic E-state index is 11.6. The van der Waals surface area contributed by atoms with Crippen molar-refractivity contribution in [2.24, 2.45) is 11.8 Å². The number of rotatable bonds is 4. The number of carbonyl (C=O) groups excluding carboxylic acids is 1. The van der Waals surface area contributed by atoms with E-state index in [1.54, 1.807) is 0 Å². The zero-order chi connectivity index (χ0) is 12.5. The Bertz CT molecular complexity index is 431. The molecule has 96 valence electrons. The molecule has 1 aromatic rings. The third kappa shape index (κ3) is 2.66. The summed E-state index contributed by atoms with van der Waals surface area (Å²) in [5, 5.41) is 5.98. The van der Waals surface area contributed by atoms with Gasteiger partial charge < -0.3 is 10.6 Å². The first-order valence-corrected chi connectivity index (χ1v) is 6.83. The van der Waals surface area contributed by atoms with E-state index in [1.807, 2.05) is 6.07 Å². The number of hydrogen-bond donors (Lipinski definition) is 2. The number of hydrogen-bond acceptors (Lipinski definition) is 1. The largest absolute Gasteiger partial charge is 0.338 e. The second-order valence-corrected chi connectivity index (χ2v) is 5.69. The van der Waals surface area contributed by atoms with Crippen molar-refractivity contribution in [1.82, 2.24) is 10.6 Å². The lowest BCUT2D eigenvalue weighted by molar-refractivity contribution is 0.239. The molecule has 3 rings (SSSR count). The van der Waals surface area contributed by atoms with E-state index in [-0.39, 0.29) is 6.03 Å². The second-order valence-electron chi connectivity index (χ2n) is 5.69. The summed E-state index contributed by atoms with van der Waals surface area (Å²) in [6, 6.07) is 11.0. The number of amides is 2. The van der Waals surface area contributed by atoms with Crippen molar-refractivity contribution in [3.8, 4) is 0 Å². The number of urea groups is 1. The molecule has 4 atom stereocenters. The van der Waals surface area contributed by atoms with Crippen LogP contribution in [-0.4, -0.2) is 18.6 Å². The Morgan fingerprint density at radius 3 is 2.67 bits per heavy atom. The van der Waals surface area contributed by atoms with E-state index < -0.39 is 0 Å². The maximum absolute atomic E-state index is 11.6. The molecule has 2 fully saturated rings. The van der Waals surface area contributed by atoms with Crippen molar-refractivity contribution >= 4 is 6.03 Å². The summed E-state index contributed by atoms with van der Waals surface area (Å²) in [6.45, 7) is 2.96. The Balaban J connectivity index is 1.39. The molecule has 0 heterocycles. The van der Waals surface area contributed by atoms with Crippen LogP contribution >= 0.6 is 0 Å². The fourth-order valence-corrected chi connectivity index (χ4v) is 2.55. The number of carbonyl (C=O) groups is 1. The average Bonchev–Trinajstić information content (AvgIpc) is 3.27. The topological polar surface area (TPSA) is 41.1 Å². The van der Waals surface area contributed by atoms with Gasteiger partial charge >= 0.3 is 6.03 Å². The molecule has 2 saturated carbocycles. The monoisotopic (exact) mass is 244 g/mol. The van der Waals surface area contributed by atoms with Gasteiger partial charge in [0.15, 0.2) is 0 Å². The molecular weight excluding hydrogens is 224 g/mol. The van der Waals surface area contributed by atoms with E-state index in [0.717, 1.165) is 13.0 Å². The smallest absolute Gasteiger partial charge is 0.315 e. The van der Waals surface area contributed by atoms with Crippen LogP contribution in [0.4, 0.5) is 4.79 Å². The predicted molar refractivity (Wildman–Crippen MR) is 71.4 cm³/mol. The summed E-state index contributed by atoms with van der Waals surface area (Å²) in [4.78, 5) is 11.6. The van der Waals surface area contributed by atoms with Crippen molar-refractivity contribution < 1.29 is 4.79 Å². The molecule has 2 N–H and O–H groups in total. The van der Waals surface area contributed by atoms with Crippen molar-refractivity contribution in [1.29, 1.82) is 0 Å². The summed E-state index contributed by atoms with van der Waals surface area (Å²) in [7, 11) is 0. The quantitative estimate of drug-likeness (QED) is 0.839. The summed E-state index contributed by atoms with van der Waals surface area (Å²) in [6.07, 6.45) is 2.33. The zero-order valence-corrected chi connectivity index (χ0v) is 10.7. The average molecular weight is 244 g/mol. The van der Waals surface area contributed by atoms with Gasteiger partial charge in [-0.2, -0.15) is 0 Å². The van der Waals surface area contributed by atoms with E-state index in [2.05, 4.69) is 41.8 Å². The molecule has 3 heteroatoms. The van der Waals surface area contributed by atoms with Gasteiger partial charge in [-0.1, -0.05) is 37.3 Å². The van der Waals surface area contributed by atoms with E-state index in [4.69, 9.17) is 0 Å². The normalized spacial score (nSPS) is 32.7. The first kappa shape index (κ1) is 11.6. The highest BCUT2D eigenvalue weighted by atomic mass is 16.2. The maximum Gasteiger partial charge on any atom is 0.315 e. The summed E-state index contributed by atoms with van der Waals surface area (Å²) in [5.41, 5.74) is 1.40.